The Labute approximate surface area is 310 Å². The molecule has 3 atom stereocenters. The maximum atomic E-state index is 15.6. The van der Waals surface area contributed by atoms with E-state index in [-0.39, 0.29) is 24.4 Å². The van der Waals surface area contributed by atoms with Crippen LogP contribution in [0.15, 0.2) is 85.2 Å². The third-order valence-corrected chi connectivity index (χ3v) is 9.64. The molecule has 54 heavy (non-hydrogen) atoms. The van der Waals surface area contributed by atoms with Gasteiger partial charge in [0, 0.05) is 12.1 Å². The Kier molecular flexibility index (Phi) is 10.7. The van der Waals surface area contributed by atoms with Crippen molar-refractivity contribution < 1.29 is 33.4 Å². The zero-order valence-electron chi connectivity index (χ0n) is 29.9. The number of H-pyrrole nitrogens is 1. The fourth-order valence-corrected chi connectivity index (χ4v) is 6.91. The van der Waals surface area contributed by atoms with Gasteiger partial charge in [0.2, 0.25) is 5.91 Å². The number of aromatic amines is 1. The lowest BCUT2D eigenvalue weighted by Gasteiger charge is -2.29. The Morgan fingerprint density at radius 3 is 2.59 bits per heavy atom. The Hall–Kier alpha value is -6.09. The van der Waals surface area contributed by atoms with Gasteiger partial charge in [-0.25, -0.2) is 23.6 Å². The van der Waals surface area contributed by atoms with E-state index in [1.165, 1.54) is 11.0 Å². The molecule has 0 unspecified atom stereocenters. The molecule has 4 heterocycles. The molecule has 2 aliphatic rings. The molecule has 2 fully saturated rings. The number of ether oxygens (including phenoxy) is 2. The number of anilines is 1. The molecule has 3 amide bonds. The molecule has 0 saturated carbocycles. The van der Waals surface area contributed by atoms with Crippen molar-refractivity contribution in [1.29, 1.82) is 0 Å². The number of halogens is 1. The summed E-state index contributed by atoms with van der Waals surface area (Å²) in [5, 5.41) is 19.9. The van der Waals surface area contributed by atoms with Crippen LogP contribution >= 0.6 is 0 Å². The van der Waals surface area contributed by atoms with Crippen LogP contribution in [0.4, 0.5) is 19.7 Å². The molecule has 2 aromatic heterocycles. The van der Waals surface area contributed by atoms with E-state index in [9.17, 15) is 19.5 Å². The number of nitrogens with one attached hydrogen (secondary N) is 2. The van der Waals surface area contributed by atoms with Crippen LogP contribution in [0.25, 0.3) is 22.4 Å². The van der Waals surface area contributed by atoms with Crippen LogP contribution in [0, 0.1) is 11.7 Å². The van der Waals surface area contributed by atoms with Gasteiger partial charge in [0.1, 0.15) is 29.5 Å². The summed E-state index contributed by atoms with van der Waals surface area (Å²) in [5.74, 6) is -0.348. The molecule has 0 aliphatic carbocycles. The molecule has 3 N–H and O–H groups in total. The average molecular weight is 737 g/mol. The zero-order chi connectivity index (χ0) is 37.8. The fraction of sp³-hybridized carbons (Fsp3) is 0.333. The summed E-state index contributed by atoms with van der Waals surface area (Å²) >= 11 is 0. The summed E-state index contributed by atoms with van der Waals surface area (Å²) < 4.78 is 28.5. The standard InChI is InChI=1S/C39H41FN8O6/c1-24(2)35(43-38(50)51)37(49)47-16-6-9-34(47)36-41-18-33(42-36)27-12-10-26(11-13-27)31-15-14-29(17-32(31)40)48-21-30(54-39(48)52)20-46-19-28(44-45-46)23-53-22-25-7-4-3-5-8-25/h3-5,7-8,10-15,17-19,24,30,34-35,43H,6,9,16,20-23H2,1-2H3,(H,41,42)(H,50,51)/t30-,34-,35-/m0/s1. The van der Waals surface area contributed by atoms with Crippen molar-refractivity contribution in [2.75, 3.05) is 18.0 Å². The number of nitrogens with zero attached hydrogens (tertiary/aromatic N) is 6. The van der Waals surface area contributed by atoms with Gasteiger partial charge in [0.25, 0.3) is 0 Å². The topological polar surface area (TPSA) is 168 Å². The van der Waals surface area contributed by atoms with Crippen molar-refractivity contribution in [2.24, 2.45) is 5.92 Å². The lowest BCUT2D eigenvalue weighted by molar-refractivity contribution is -0.135. The fourth-order valence-electron chi connectivity index (χ4n) is 6.91. The van der Waals surface area contributed by atoms with Crippen LogP contribution in [0.5, 0.6) is 0 Å². The number of rotatable bonds is 13. The highest BCUT2D eigenvalue weighted by Crippen LogP contribution is 2.34. The van der Waals surface area contributed by atoms with Gasteiger partial charge in [-0.2, -0.15) is 0 Å². The van der Waals surface area contributed by atoms with E-state index in [4.69, 9.17) is 9.47 Å². The first-order valence-corrected chi connectivity index (χ1v) is 17.9. The average Bonchev–Trinajstić information content (AvgIpc) is 3.99. The Balaban J connectivity index is 0.955. The number of hydrogen-bond acceptors (Lipinski definition) is 8. The van der Waals surface area contributed by atoms with E-state index in [2.05, 4.69) is 25.6 Å². The van der Waals surface area contributed by atoms with Gasteiger partial charge in [0.05, 0.1) is 56.1 Å². The second-order valence-electron chi connectivity index (χ2n) is 13.8. The van der Waals surface area contributed by atoms with Crippen molar-refractivity contribution in [3.05, 3.63) is 108 Å². The van der Waals surface area contributed by atoms with Gasteiger partial charge < -0.3 is 29.8 Å². The van der Waals surface area contributed by atoms with Gasteiger partial charge >= 0.3 is 12.2 Å². The molecule has 2 aliphatic heterocycles. The van der Waals surface area contributed by atoms with Crippen LogP contribution in [-0.2, 0) is 34.0 Å². The molecule has 15 heteroatoms. The molecule has 0 radical (unpaired) electrons. The first kappa shape index (κ1) is 36.3. The van der Waals surface area contributed by atoms with E-state index >= 15 is 4.39 Å². The van der Waals surface area contributed by atoms with E-state index < -0.39 is 30.1 Å². The molecule has 7 rings (SSSR count). The van der Waals surface area contributed by atoms with Gasteiger partial charge in [-0.1, -0.05) is 73.7 Å². The molecule has 3 aromatic carbocycles. The molecule has 280 valence electrons. The number of amides is 3. The van der Waals surface area contributed by atoms with E-state index in [1.54, 1.807) is 48.0 Å². The van der Waals surface area contributed by atoms with Crippen LogP contribution in [-0.4, -0.2) is 78.3 Å². The van der Waals surface area contributed by atoms with Crippen molar-refractivity contribution in [3.63, 3.8) is 0 Å². The molecule has 5 aromatic rings. The lowest BCUT2D eigenvalue weighted by Crippen LogP contribution is -2.50. The third kappa shape index (κ3) is 8.10. The first-order valence-electron chi connectivity index (χ1n) is 17.9. The summed E-state index contributed by atoms with van der Waals surface area (Å²) in [6.07, 6.45) is 2.63. The summed E-state index contributed by atoms with van der Waals surface area (Å²) in [7, 11) is 0. The van der Waals surface area contributed by atoms with Crippen molar-refractivity contribution >= 4 is 23.8 Å². The summed E-state index contributed by atoms with van der Waals surface area (Å²) in [6.45, 7) is 5.39. The molecule has 0 spiro atoms. The normalized spacial score (nSPS) is 17.6. The monoisotopic (exact) mass is 736 g/mol. The lowest BCUT2D eigenvalue weighted by atomic mass is 10.0. The molecule has 2 saturated heterocycles. The van der Waals surface area contributed by atoms with Gasteiger partial charge in [-0.15, -0.1) is 5.10 Å². The van der Waals surface area contributed by atoms with Crippen LogP contribution in [0.1, 0.15) is 49.8 Å². The highest BCUT2D eigenvalue weighted by molar-refractivity contribution is 5.90. The second kappa shape index (κ2) is 15.9. The number of benzene rings is 3. The van der Waals surface area contributed by atoms with Crippen LogP contribution in [0.3, 0.4) is 0 Å². The molecular formula is C39H41FN8O6. The van der Waals surface area contributed by atoms with Crippen LogP contribution in [0.2, 0.25) is 0 Å². The molecule has 14 nitrogen and oxygen atoms in total. The third-order valence-electron chi connectivity index (χ3n) is 9.64. The number of likely N-dealkylation sites (tertiary alicyclic amines) is 1. The minimum absolute atomic E-state index is 0.215. The summed E-state index contributed by atoms with van der Waals surface area (Å²) in [4.78, 5) is 48.4. The highest BCUT2D eigenvalue weighted by Gasteiger charge is 2.37. The van der Waals surface area contributed by atoms with Crippen molar-refractivity contribution in [2.45, 2.75) is 64.6 Å². The number of imidazole rings is 1. The summed E-state index contributed by atoms with van der Waals surface area (Å²) in [5.41, 5.74) is 4.68. The number of carboxylic acid groups (broad SMARTS) is 1. The van der Waals surface area contributed by atoms with E-state index in [1.807, 2.05) is 54.6 Å². The highest BCUT2D eigenvalue weighted by atomic mass is 19.1. The molecule has 0 bridgehead atoms. The largest absolute Gasteiger partial charge is 0.465 e. The van der Waals surface area contributed by atoms with Gasteiger partial charge in [0.15, 0.2) is 0 Å². The Bertz CT molecular complexity index is 2100. The number of carbonyl (C=O) groups excluding carboxylic acids is 2. The SMILES string of the molecule is CC(C)[C@H](NC(=O)O)C(=O)N1CCC[C@H]1c1ncc(-c2ccc(-c3ccc(N4C[C@H](Cn5cc(COCc6ccccc6)nn5)OC4=O)cc3F)cc2)[nH]1. The van der Waals surface area contributed by atoms with Crippen molar-refractivity contribution in [3.8, 4) is 22.4 Å². The maximum Gasteiger partial charge on any atom is 0.414 e. The van der Waals surface area contributed by atoms with E-state index in [0.717, 1.165) is 23.2 Å². The zero-order valence-corrected chi connectivity index (χ0v) is 29.9. The first-order chi connectivity index (χ1) is 26.1. The Morgan fingerprint density at radius 1 is 1.07 bits per heavy atom. The second-order valence-corrected chi connectivity index (χ2v) is 13.8. The number of carbonyl (C=O) groups is 3. The number of hydrogen-bond donors (Lipinski definition) is 3. The number of cyclic esters (lactones) is 1. The summed E-state index contributed by atoms with van der Waals surface area (Å²) in [6, 6.07) is 20.7. The molecular weight excluding hydrogens is 695 g/mol. The van der Waals surface area contributed by atoms with Crippen LogP contribution < -0.4 is 10.2 Å². The maximum absolute atomic E-state index is 15.6. The predicted molar refractivity (Wildman–Crippen MR) is 195 cm³/mol. The van der Waals surface area contributed by atoms with E-state index in [0.29, 0.717) is 61.1 Å². The Morgan fingerprint density at radius 2 is 1.85 bits per heavy atom. The minimum atomic E-state index is -1.24. The van der Waals surface area contributed by atoms with Gasteiger partial charge in [-0.05, 0) is 53.6 Å². The van der Waals surface area contributed by atoms with Crippen molar-refractivity contribution in [1.82, 2.24) is 35.2 Å². The minimum Gasteiger partial charge on any atom is -0.465 e. The smallest absolute Gasteiger partial charge is 0.414 e. The quantitative estimate of drug-likeness (QED) is 0.128. The predicted octanol–water partition coefficient (Wildman–Crippen LogP) is 6.17. The number of aromatic nitrogens is 5. The van der Waals surface area contributed by atoms with Gasteiger partial charge in [-0.3, -0.25) is 9.69 Å².